The second kappa shape index (κ2) is 6.99. The Bertz CT molecular complexity index is 168. The Hall–Kier alpha value is -0.370. The van der Waals surface area contributed by atoms with Crippen LogP contribution in [-0.4, -0.2) is 30.3 Å². The lowest BCUT2D eigenvalue weighted by Crippen LogP contribution is -2.30. The fourth-order valence-corrected chi connectivity index (χ4v) is 1.88. The summed E-state index contributed by atoms with van der Waals surface area (Å²) in [5.41, 5.74) is 0. The van der Waals surface area contributed by atoms with E-state index >= 15 is 0 Å². The molecule has 14 heavy (non-hydrogen) atoms. The number of carbonyl (C=O) groups is 1. The molecule has 1 rings (SSSR count). The molecule has 1 heterocycles. The topological polar surface area (TPSA) is 20.3 Å². The van der Waals surface area contributed by atoms with Crippen LogP contribution in [0.15, 0.2) is 0 Å². The first-order valence-corrected chi connectivity index (χ1v) is 5.77. The van der Waals surface area contributed by atoms with E-state index in [1.807, 2.05) is 7.05 Å². The Kier molecular flexibility index (Phi) is 6.81. The largest absolute Gasteiger partial charge is 0.298 e. The standard InChI is InChI=1S/C9H17NO.C3H8/c1-4-8-5-9(7(2)11)10(3)6-8;1-3-2/h8-9H,4-6H2,1-3H3;3H2,1-2H3. The summed E-state index contributed by atoms with van der Waals surface area (Å²) in [7, 11) is 2.04. The molecule has 1 saturated heterocycles. The first kappa shape index (κ1) is 13.6. The lowest BCUT2D eigenvalue weighted by molar-refractivity contribution is -0.120. The van der Waals surface area contributed by atoms with E-state index in [2.05, 4.69) is 25.7 Å². The SMILES string of the molecule is CCC.CCC1CC(C(C)=O)N(C)C1. The van der Waals surface area contributed by atoms with Gasteiger partial charge in [0.15, 0.2) is 0 Å². The zero-order chi connectivity index (χ0) is 11.1. The van der Waals surface area contributed by atoms with Crippen molar-refractivity contribution >= 4 is 5.78 Å². The fourth-order valence-electron chi connectivity index (χ4n) is 1.88. The third kappa shape index (κ3) is 4.23. The van der Waals surface area contributed by atoms with Crippen LogP contribution in [0.4, 0.5) is 0 Å². The van der Waals surface area contributed by atoms with Crippen molar-refractivity contribution in [2.45, 2.75) is 53.0 Å². The van der Waals surface area contributed by atoms with Crippen molar-refractivity contribution in [3.05, 3.63) is 0 Å². The van der Waals surface area contributed by atoms with E-state index in [9.17, 15) is 4.79 Å². The molecule has 0 aliphatic carbocycles. The molecule has 0 bridgehead atoms. The van der Waals surface area contributed by atoms with Crippen molar-refractivity contribution in [3.8, 4) is 0 Å². The van der Waals surface area contributed by atoms with E-state index in [0.29, 0.717) is 5.78 Å². The van der Waals surface area contributed by atoms with Gasteiger partial charge in [0.05, 0.1) is 6.04 Å². The summed E-state index contributed by atoms with van der Waals surface area (Å²) in [5.74, 6) is 1.07. The van der Waals surface area contributed by atoms with E-state index in [1.54, 1.807) is 6.92 Å². The van der Waals surface area contributed by atoms with Crippen molar-refractivity contribution in [2.24, 2.45) is 5.92 Å². The predicted molar refractivity (Wildman–Crippen MR) is 61.5 cm³/mol. The molecule has 0 aromatic carbocycles. The van der Waals surface area contributed by atoms with Gasteiger partial charge < -0.3 is 0 Å². The lowest BCUT2D eigenvalue weighted by Gasteiger charge is -2.14. The van der Waals surface area contributed by atoms with Crippen LogP contribution in [-0.2, 0) is 4.79 Å². The Labute approximate surface area is 88.7 Å². The summed E-state index contributed by atoms with van der Waals surface area (Å²) in [6.07, 6.45) is 3.52. The molecule has 2 atom stereocenters. The van der Waals surface area contributed by atoms with Gasteiger partial charge in [0.1, 0.15) is 5.78 Å². The number of likely N-dealkylation sites (tertiary alicyclic amines) is 1. The highest BCUT2D eigenvalue weighted by molar-refractivity contribution is 5.81. The number of Topliss-reactive ketones (excluding diaryl/α,β-unsaturated/α-hetero) is 1. The number of nitrogens with zero attached hydrogens (tertiary/aromatic N) is 1. The molecule has 2 nitrogen and oxygen atoms in total. The highest BCUT2D eigenvalue weighted by Gasteiger charge is 2.30. The summed E-state index contributed by atoms with van der Waals surface area (Å²) in [5, 5.41) is 0. The Balaban J connectivity index is 0.000000500. The van der Waals surface area contributed by atoms with Gasteiger partial charge in [-0.2, -0.15) is 0 Å². The zero-order valence-corrected chi connectivity index (χ0v) is 10.3. The molecule has 2 heteroatoms. The number of likely N-dealkylation sites (N-methyl/N-ethyl adjacent to an activating group) is 1. The molecule has 0 N–H and O–H groups in total. The number of hydrogen-bond acceptors (Lipinski definition) is 2. The molecule has 0 radical (unpaired) electrons. The van der Waals surface area contributed by atoms with E-state index in [-0.39, 0.29) is 6.04 Å². The van der Waals surface area contributed by atoms with Crippen LogP contribution in [0.5, 0.6) is 0 Å². The molecule has 84 valence electrons. The normalized spacial score (nSPS) is 26.9. The van der Waals surface area contributed by atoms with Crippen molar-refractivity contribution < 1.29 is 4.79 Å². The molecule has 0 spiro atoms. The molecule has 2 unspecified atom stereocenters. The van der Waals surface area contributed by atoms with Gasteiger partial charge in [0.25, 0.3) is 0 Å². The highest BCUT2D eigenvalue weighted by atomic mass is 16.1. The average Bonchev–Trinajstić information content (AvgIpc) is 2.48. The van der Waals surface area contributed by atoms with Gasteiger partial charge in [-0.25, -0.2) is 0 Å². The van der Waals surface area contributed by atoms with Crippen molar-refractivity contribution in [3.63, 3.8) is 0 Å². The molecule has 1 aliphatic rings. The second-order valence-corrected chi connectivity index (χ2v) is 4.28. The van der Waals surface area contributed by atoms with Crippen LogP contribution in [0.1, 0.15) is 47.0 Å². The molecule has 0 saturated carbocycles. The lowest BCUT2D eigenvalue weighted by atomic mass is 10.0. The molecule has 0 aromatic rings. The number of hydrogen-bond donors (Lipinski definition) is 0. The molecule has 0 amide bonds. The minimum Gasteiger partial charge on any atom is -0.298 e. The van der Waals surface area contributed by atoms with Gasteiger partial charge >= 0.3 is 0 Å². The van der Waals surface area contributed by atoms with Gasteiger partial charge in [-0.15, -0.1) is 0 Å². The van der Waals surface area contributed by atoms with Gasteiger partial charge in [0.2, 0.25) is 0 Å². The third-order valence-electron chi connectivity index (χ3n) is 2.68. The van der Waals surface area contributed by atoms with Gasteiger partial charge in [0, 0.05) is 6.54 Å². The van der Waals surface area contributed by atoms with E-state index in [0.717, 1.165) is 18.9 Å². The maximum Gasteiger partial charge on any atom is 0.146 e. The summed E-state index contributed by atoms with van der Waals surface area (Å²) in [4.78, 5) is 13.3. The first-order valence-electron chi connectivity index (χ1n) is 5.77. The van der Waals surface area contributed by atoms with Crippen LogP contribution in [0, 0.1) is 5.92 Å². The van der Waals surface area contributed by atoms with Gasteiger partial charge in [-0.3, -0.25) is 9.69 Å². The van der Waals surface area contributed by atoms with E-state index in [4.69, 9.17) is 0 Å². The molecular weight excluding hydrogens is 174 g/mol. The summed E-state index contributed by atoms with van der Waals surface area (Å²) < 4.78 is 0. The summed E-state index contributed by atoms with van der Waals surface area (Å²) >= 11 is 0. The van der Waals surface area contributed by atoms with E-state index < -0.39 is 0 Å². The Morgan fingerprint density at radius 2 is 1.86 bits per heavy atom. The maximum absolute atomic E-state index is 11.1. The second-order valence-electron chi connectivity index (χ2n) is 4.28. The highest BCUT2D eigenvalue weighted by Crippen LogP contribution is 2.24. The van der Waals surface area contributed by atoms with Crippen molar-refractivity contribution in [2.75, 3.05) is 13.6 Å². The van der Waals surface area contributed by atoms with Crippen LogP contribution < -0.4 is 0 Å². The zero-order valence-electron chi connectivity index (χ0n) is 10.3. The molecule has 1 aliphatic heterocycles. The quantitative estimate of drug-likeness (QED) is 0.681. The van der Waals surface area contributed by atoms with Crippen LogP contribution >= 0.6 is 0 Å². The maximum atomic E-state index is 11.1. The molecule has 1 fully saturated rings. The predicted octanol–water partition coefficient (Wildman–Crippen LogP) is 2.72. The summed E-state index contributed by atoms with van der Waals surface area (Å²) in [6, 6.07) is 0.208. The minimum atomic E-state index is 0.208. The number of ketones is 1. The average molecular weight is 199 g/mol. The number of rotatable bonds is 2. The Morgan fingerprint density at radius 1 is 1.36 bits per heavy atom. The van der Waals surface area contributed by atoms with Crippen LogP contribution in [0.3, 0.4) is 0 Å². The number of carbonyl (C=O) groups excluding carboxylic acids is 1. The Morgan fingerprint density at radius 3 is 2.07 bits per heavy atom. The van der Waals surface area contributed by atoms with Crippen molar-refractivity contribution in [1.82, 2.24) is 4.90 Å². The first-order chi connectivity index (χ1) is 6.56. The van der Waals surface area contributed by atoms with Gasteiger partial charge in [-0.1, -0.05) is 33.6 Å². The van der Waals surface area contributed by atoms with Crippen LogP contribution in [0.2, 0.25) is 0 Å². The minimum absolute atomic E-state index is 0.208. The molecular formula is C12H25NO. The fraction of sp³-hybridized carbons (Fsp3) is 0.917. The molecule has 0 aromatic heterocycles. The van der Waals surface area contributed by atoms with E-state index in [1.165, 1.54) is 12.8 Å². The van der Waals surface area contributed by atoms with Gasteiger partial charge in [-0.05, 0) is 26.3 Å². The monoisotopic (exact) mass is 199 g/mol. The van der Waals surface area contributed by atoms with Crippen LogP contribution in [0.25, 0.3) is 0 Å². The third-order valence-corrected chi connectivity index (χ3v) is 2.68. The summed E-state index contributed by atoms with van der Waals surface area (Å²) in [6.45, 7) is 9.24. The smallest absolute Gasteiger partial charge is 0.146 e. The van der Waals surface area contributed by atoms with Crippen molar-refractivity contribution in [1.29, 1.82) is 0 Å².